The Morgan fingerprint density at radius 1 is 0.897 bits per heavy atom. The third-order valence-electron chi connectivity index (χ3n) is 3.82. The second-order valence-corrected chi connectivity index (χ2v) is 8.39. The van der Waals surface area contributed by atoms with Gasteiger partial charge in [0, 0.05) is 5.75 Å². The summed E-state index contributed by atoms with van der Waals surface area (Å²) in [5.41, 5.74) is 5.48. The summed E-state index contributed by atoms with van der Waals surface area (Å²) in [5.74, 6) is -2.13. The van der Waals surface area contributed by atoms with Crippen LogP contribution in [0.25, 0.3) is 0 Å². The van der Waals surface area contributed by atoms with Gasteiger partial charge < -0.3 is 31.9 Å². The van der Waals surface area contributed by atoms with Gasteiger partial charge in [-0.15, -0.1) is 0 Å². The first kappa shape index (κ1) is 27.8. The summed E-state index contributed by atoms with van der Waals surface area (Å²) < 4.78 is 0. The van der Waals surface area contributed by atoms with E-state index in [4.69, 9.17) is 15.9 Å². The molecule has 0 bridgehead atoms. The van der Waals surface area contributed by atoms with Crippen molar-refractivity contribution in [1.29, 1.82) is 0 Å². The van der Waals surface area contributed by atoms with Crippen LogP contribution in [0.1, 0.15) is 12.8 Å². The number of carboxylic acids is 1. The van der Waals surface area contributed by atoms with Crippen LogP contribution in [0.4, 0.5) is 0 Å². The normalized spacial score (nSPS) is 14.9. The Balaban J connectivity index is 5.25. The number of carbonyl (C=O) groups excluding carboxylic acids is 3. The number of rotatable bonds is 15. The van der Waals surface area contributed by atoms with Crippen molar-refractivity contribution in [2.45, 2.75) is 37.0 Å². The molecule has 3 amide bonds. The number of carboxylic acid groups (broad SMARTS) is 1. The van der Waals surface area contributed by atoms with E-state index in [9.17, 15) is 19.2 Å². The molecule has 4 unspecified atom stereocenters. The molecule has 7 N–H and O–H groups in total. The number of aliphatic carboxylic acids is 1. The summed E-state index contributed by atoms with van der Waals surface area (Å²) in [4.78, 5) is 48.3. The predicted octanol–water partition coefficient (Wildman–Crippen LogP) is -1.72. The van der Waals surface area contributed by atoms with Crippen LogP contribution in [0.2, 0.25) is 0 Å². The fourth-order valence-electron chi connectivity index (χ4n) is 2.10. The van der Waals surface area contributed by atoms with Crippen LogP contribution in [-0.4, -0.2) is 94.4 Å². The lowest BCUT2D eigenvalue weighted by Crippen LogP contribution is -2.57. The van der Waals surface area contributed by atoms with Crippen molar-refractivity contribution in [2.75, 3.05) is 36.4 Å². The standard InChI is InChI=1S/C16H30N4O6S3/c1-28-5-3-10(18-13(22)9(17)7-21)14(23)19-11(4-6-29-2)15(24)20-12(8-27)16(25)26/h9-12,21,27H,3-8,17H2,1-2H3,(H,18,22)(H,19,23)(H,20,24)(H,25,26). The van der Waals surface area contributed by atoms with E-state index in [2.05, 4.69) is 28.6 Å². The van der Waals surface area contributed by atoms with Crippen molar-refractivity contribution in [3.05, 3.63) is 0 Å². The highest BCUT2D eigenvalue weighted by Crippen LogP contribution is 2.06. The molecule has 0 rings (SSSR count). The van der Waals surface area contributed by atoms with Crippen LogP contribution in [0.3, 0.4) is 0 Å². The van der Waals surface area contributed by atoms with Crippen molar-refractivity contribution in [3.8, 4) is 0 Å². The van der Waals surface area contributed by atoms with E-state index in [-0.39, 0.29) is 12.2 Å². The van der Waals surface area contributed by atoms with Crippen molar-refractivity contribution in [3.63, 3.8) is 0 Å². The van der Waals surface area contributed by atoms with Crippen LogP contribution in [0.15, 0.2) is 0 Å². The van der Waals surface area contributed by atoms with Gasteiger partial charge in [-0.25, -0.2) is 4.79 Å². The molecule has 4 atom stereocenters. The number of amides is 3. The second-order valence-electron chi connectivity index (χ2n) is 6.06. The molecule has 0 aromatic heterocycles. The van der Waals surface area contributed by atoms with Gasteiger partial charge in [-0.2, -0.15) is 36.2 Å². The largest absolute Gasteiger partial charge is 0.480 e. The zero-order valence-electron chi connectivity index (χ0n) is 16.4. The molecule has 0 aromatic carbocycles. The summed E-state index contributed by atoms with van der Waals surface area (Å²) in [6, 6.07) is -4.27. The molecule has 0 aliphatic rings. The Morgan fingerprint density at radius 2 is 1.31 bits per heavy atom. The molecule has 13 heteroatoms. The number of nitrogens with two attached hydrogens (primary N) is 1. The fourth-order valence-corrected chi connectivity index (χ4v) is 3.29. The Bertz CT molecular complexity index is 555. The van der Waals surface area contributed by atoms with E-state index >= 15 is 0 Å². The third kappa shape index (κ3) is 11.0. The quantitative estimate of drug-likeness (QED) is 0.138. The summed E-state index contributed by atoms with van der Waals surface area (Å²) >= 11 is 6.85. The molecular formula is C16H30N4O6S3. The molecule has 0 saturated heterocycles. The maximum Gasteiger partial charge on any atom is 0.327 e. The molecule has 29 heavy (non-hydrogen) atoms. The zero-order chi connectivity index (χ0) is 22.4. The first-order valence-electron chi connectivity index (χ1n) is 8.80. The van der Waals surface area contributed by atoms with Gasteiger partial charge in [0.1, 0.15) is 24.2 Å². The molecule has 0 radical (unpaired) electrons. The van der Waals surface area contributed by atoms with Crippen molar-refractivity contribution < 1.29 is 29.4 Å². The number of aliphatic hydroxyl groups is 1. The van der Waals surface area contributed by atoms with Gasteiger partial charge in [0.2, 0.25) is 17.7 Å². The minimum Gasteiger partial charge on any atom is -0.480 e. The van der Waals surface area contributed by atoms with Crippen LogP contribution in [0, 0.1) is 0 Å². The van der Waals surface area contributed by atoms with Crippen molar-refractivity contribution >= 4 is 59.8 Å². The lowest BCUT2D eigenvalue weighted by molar-refractivity contribution is -0.141. The highest BCUT2D eigenvalue weighted by molar-refractivity contribution is 7.98. The minimum atomic E-state index is -1.23. The highest BCUT2D eigenvalue weighted by atomic mass is 32.2. The lowest BCUT2D eigenvalue weighted by Gasteiger charge is -2.24. The number of nitrogens with one attached hydrogen (secondary N) is 3. The smallest absolute Gasteiger partial charge is 0.327 e. The molecule has 0 fully saturated rings. The van der Waals surface area contributed by atoms with Gasteiger partial charge in [-0.1, -0.05) is 0 Å². The highest BCUT2D eigenvalue weighted by Gasteiger charge is 2.29. The fraction of sp³-hybridized carbons (Fsp3) is 0.750. The topological polar surface area (TPSA) is 171 Å². The Labute approximate surface area is 184 Å². The number of hydrogen-bond donors (Lipinski definition) is 7. The maximum absolute atomic E-state index is 12.7. The third-order valence-corrected chi connectivity index (χ3v) is 5.47. The summed E-state index contributed by atoms with van der Waals surface area (Å²) in [5, 5.41) is 25.5. The van der Waals surface area contributed by atoms with Gasteiger partial charge in [0.15, 0.2) is 0 Å². The molecule has 0 aliphatic carbocycles. The monoisotopic (exact) mass is 470 g/mol. The number of hydrogen-bond acceptors (Lipinski definition) is 9. The average molecular weight is 471 g/mol. The van der Waals surface area contributed by atoms with Gasteiger partial charge in [0.05, 0.1) is 6.61 Å². The molecule has 0 spiro atoms. The Morgan fingerprint density at radius 3 is 1.66 bits per heavy atom. The number of aliphatic hydroxyl groups excluding tert-OH is 1. The second kappa shape index (κ2) is 15.7. The van der Waals surface area contributed by atoms with E-state index in [1.807, 2.05) is 12.5 Å². The van der Waals surface area contributed by atoms with E-state index < -0.39 is 54.5 Å². The molecule has 0 aromatic rings. The Hall–Kier alpha value is -1.15. The summed E-state index contributed by atoms with van der Waals surface area (Å²) in [6.45, 7) is -0.568. The van der Waals surface area contributed by atoms with Crippen molar-refractivity contribution in [1.82, 2.24) is 16.0 Å². The van der Waals surface area contributed by atoms with Gasteiger partial charge in [0.25, 0.3) is 0 Å². The van der Waals surface area contributed by atoms with E-state index in [0.29, 0.717) is 17.9 Å². The first-order valence-corrected chi connectivity index (χ1v) is 12.2. The van der Waals surface area contributed by atoms with Gasteiger partial charge in [-0.05, 0) is 36.9 Å². The summed E-state index contributed by atoms with van der Waals surface area (Å²) in [6.07, 6.45) is 4.25. The molecule has 0 saturated carbocycles. The van der Waals surface area contributed by atoms with E-state index in [1.54, 1.807) is 0 Å². The zero-order valence-corrected chi connectivity index (χ0v) is 18.9. The van der Waals surface area contributed by atoms with Gasteiger partial charge >= 0.3 is 5.97 Å². The van der Waals surface area contributed by atoms with Crippen LogP contribution >= 0.6 is 36.2 Å². The predicted molar refractivity (Wildman–Crippen MR) is 118 cm³/mol. The molecule has 0 aliphatic heterocycles. The molecule has 0 heterocycles. The average Bonchev–Trinajstić information content (AvgIpc) is 2.70. The van der Waals surface area contributed by atoms with Crippen LogP contribution in [0.5, 0.6) is 0 Å². The number of thiol groups is 1. The first-order chi connectivity index (χ1) is 13.7. The maximum atomic E-state index is 12.7. The Kier molecular flexibility index (Phi) is 15.0. The van der Waals surface area contributed by atoms with Crippen molar-refractivity contribution in [2.24, 2.45) is 5.73 Å². The van der Waals surface area contributed by atoms with Crippen LogP contribution < -0.4 is 21.7 Å². The number of carbonyl (C=O) groups is 4. The summed E-state index contributed by atoms with van der Waals surface area (Å²) in [7, 11) is 0. The lowest BCUT2D eigenvalue weighted by atomic mass is 10.1. The van der Waals surface area contributed by atoms with Crippen LogP contribution in [-0.2, 0) is 19.2 Å². The van der Waals surface area contributed by atoms with E-state index in [1.165, 1.54) is 23.5 Å². The molecule has 168 valence electrons. The number of thioether (sulfide) groups is 2. The van der Waals surface area contributed by atoms with Gasteiger partial charge in [-0.3, -0.25) is 14.4 Å². The molecular weight excluding hydrogens is 440 g/mol. The molecule has 10 nitrogen and oxygen atoms in total. The van der Waals surface area contributed by atoms with E-state index in [0.717, 1.165) is 0 Å². The minimum absolute atomic E-state index is 0.101. The SMILES string of the molecule is CSCCC(NC(=O)C(N)CO)C(=O)NC(CCSC)C(=O)NC(CS)C(=O)O.